The number of fused-ring (bicyclic) bond motifs is 16. The summed E-state index contributed by atoms with van der Waals surface area (Å²) in [6, 6.07) is 11.3. The number of rotatable bonds is 4. The van der Waals surface area contributed by atoms with Gasteiger partial charge in [0, 0.05) is 12.8 Å². The molecule has 1 aliphatic rings. The van der Waals surface area contributed by atoms with Gasteiger partial charge in [0.25, 0.3) is 11.8 Å². The van der Waals surface area contributed by atoms with Gasteiger partial charge in [0.15, 0.2) is 34.2 Å². The molecule has 2 amide bonds. The molecule has 1 aliphatic heterocycles. The summed E-state index contributed by atoms with van der Waals surface area (Å²) in [5.74, 6) is 0.781. The molecule has 12 bridgehead atoms. The molecule has 0 saturated heterocycles. The number of hydrogen-bond donors (Lipinski definition) is 4. The van der Waals surface area contributed by atoms with Gasteiger partial charge >= 0.3 is 0 Å². The molecule has 18 nitrogen and oxygen atoms in total. The Bertz CT molecular complexity index is 2630. The number of carbonyl (C=O) groups is 2. The Morgan fingerprint density at radius 2 is 0.862 bits per heavy atom. The SMILES string of the molecule is Cc1oc2nc1-c1nc(co1)C(=O)N[C@@H](Cc1ccc(O)cc1)c1nc(c(C)o1)-c1nc(c(C)o1)-c1nc(co1)C(=O)N[C@@H](Cc1ccc(O)cc1)c1nc-2c(C)o1. The second-order valence-electron chi connectivity index (χ2n) is 13.6. The second-order valence-corrected chi connectivity index (χ2v) is 13.6. The number of aromatic nitrogens is 6. The van der Waals surface area contributed by atoms with E-state index in [1.165, 1.54) is 36.8 Å². The Hall–Kier alpha value is -7.76. The molecular weight excluding hydrogens is 752 g/mol. The topological polar surface area (TPSA) is 255 Å². The Morgan fingerprint density at radius 3 is 1.26 bits per heavy atom. The minimum Gasteiger partial charge on any atom is -0.508 e. The predicted octanol–water partition coefficient (Wildman–Crippen LogP) is 6.67. The summed E-state index contributed by atoms with van der Waals surface area (Å²) < 4.78 is 35.7. The standard InChI is InChI=1S/C40H32N8O10/c1-17-29-37-43-27(15-53-37)33(51)41-26(14-22-7-11-24(50)12-8-22)36-46-32(20(4)56-36)40-48-30(18(2)58-40)38-44-28(16-54-38)34(52)42-25(13-21-5-9-23(49)10-6-21)35-45-31(19(3)55-35)39(47-29)57-17/h5-12,15-16,25-26,49-50H,13-14H2,1-4H3,(H,41,51)(H,42,52)/t25-,26-/m0/s1. The summed E-state index contributed by atoms with van der Waals surface area (Å²) in [5, 5.41) is 25.6. The summed E-state index contributed by atoms with van der Waals surface area (Å²) in [5.41, 5.74) is 2.36. The Kier molecular flexibility index (Phi) is 8.71. The third-order valence-corrected chi connectivity index (χ3v) is 9.46. The van der Waals surface area contributed by atoms with E-state index in [-0.39, 0.29) is 93.8 Å². The van der Waals surface area contributed by atoms with Crippen LogP contribution in [0.4, 0.5) is 0 Å². The molecule has 0 fully saturated rings. The number of benzene rings is 2. The Labute approximate surface area is 327 Å². The van der Waals surface area contributed by atoms with Crippen LogP contribution in [0.2, 0.25) is 0 Å². The number of nitrogens with zero attached hydrogens (tertiary/aromatic N) is 6. The fraction of sp³-hybridized carbons (Fsp3) is 0.200. The molecule has 8 aromatic rings. The lowest BCUT2D eigenvalue weighted by Crippen LogP contribution is -2.30. The first-order chi connectivity index (χ1) is 27.9. The van der Waals surface area contributed by atoms with Crippen molar-refractivity contribution in [3.8, 4) is 57.8 Å². The first-order valence-corrected chi connectivity index (χ1v) is 17.9. The summed E-state index contributed by atoms with van der Waals surface area (Å²) in [6.07, 6.45) is 2.83. The normalized spacial score (nSPS) is 15.5. The van der Waals surface area contributed by atoms with Crippen molar-refractivity contribution < 1.29 is 46.3 Å². The van der Waals surface area contributed by atoms with Gasteiger partial charge in [-0.25, -0.2) is 29.9 Å². The molecule has 18 heteroatoms. The smallest absolute Gasteiger partial charge is 0.273 e. The highest BCUT2D eigenvalue weighted by Gasteiger charge is 2.31. The largest absolute Gasteiger partial charge is 0.508 e. The molecule has 292 valence electrons. The molecular formula is C40H32N8O10. The monoisotopic (exact) mass is 784 g/mol. The molecule has 0 unspecified atom stereocenters. The van der Waals surface area contributed by atoms with Crippen molar-refractivity contribution in [1.82, 2.24) is 40.5 Å². The quantitative estimate of drug-likeness (QED) is 0.145. The lowest BCUT2D eigenvalue weighted by Gasteiger charge is -2.15. The molecule has 0 radical (unpaired) electrons. The Balaban J connectivity index is 1.14. The number of phenols is 2. The summed E-state index contributed by atoms with van der Waals surface area (Å²) in [7, 11) is 0. The van der Waals surface area contributed by atoms with Crippen LogP contribution >= 0.6 is 0 Å². The van der Waals surface area contributed by atoms with E-state index in [9.17, 15) is 19.8 Å². The number of aryl methyl sites for hydroxylation is 4. The molecule has 0 spiro atoms. The van der Waals surface area contributed by atoms with Gasteiger partial charge in [0.2, 0.25) is 35.3 Å². The van der Waals surface area contributed by atoms with E-state index >= 15 is 0 Å². The average Bonchev–Trinajstić information content (AvgIpc) is 4.06. The van der Waals surface area contributed by atoms with Crippen LogP contribution in [0.25, 0.3) is 46.3 Å². The maximum absolute atomic E-state index is 13.8. The van der Waals surface area contributed by atoms with Gasteiger partial charge in [-0.15, -0.1) is 0 Å². The first kappa shape index (κ1) is 35.9. The van der Waals surface area contributed by atoms with Crippen LogP contribution in [0.5, 0.6) is 11.5 Å². The minimum atomic E-state index is -0.832. The predicted molar refractivity (Wildman–Crippen MR) is 198 cm³/mol. The van der Waals surface area contributed by atoms with Crippen molar-refractivity contribution in [2.24, 2.45) is 0 Å². The van der Waals surface area contributed by atoms with Crippen LogP contribution in [-0.2, 0) is 12.8 Å². The maximum Gasteiger partial charge on any atom is 0.273 e. The molecule has 2 aromatic carbocycles. The lowest BCUT2D eigenvalue weighted by atomic mass is 10.1. The minimum absolute atomic E-state index is 0.0114. The summed E-state index contributed by atoms with van der Waals surface area (Å²) in [4.78, 5) is 55.0. The number of aromatic hydroxyl groups is 2. The zero-order valence-electron chi connectivity index (χ0n) is 31.2. The van der Waals surface area contributed by atoms with Gasteiger partial charge in [-0.05, 0) is 63.1 Å². The van der Waals surface area contributed by atoms with Crippen molar-refractivity contribution in [2.75, 3.05) is 0 Å². The molecule has 2 atom stereocenters. The van der Waals surface area contributed by atoms with E-state index in [1.54, 1.807) is 52.0 Å². The van der Waals surface area contributed by atoms with Crippen LogP contribution in [0.3, 0.4) is 0 Å². The highest BCUT2D eigenvalue weighted by molar-refractivity contribution is 5.93. The average molecular weight is 785 g/mol. The van der Waals surface area contributed by atoms with Crippen molar-refractivity contribution in [3.05, 3.63) is 118 Å². The van der Waals surface area contributed by atoms with Crippen molar-refractivity contribution in [2.45, 2.75) is 52.6 Å². The van der Waals surface area contributed by atoms with Crippen LogP contribution in [0, 0.1) is 27.7 Å². The van der Waals surface area contributed by atoms with Gasteiger partial charge in [-0.2, -0.15) is 0 Å². The van der Waals surface area contributed by atoms with Gasteiger partial charge in [0.05, 0.1) is 0 Å². The second kappa shape index (κ2) is 14.1. The number of phenolic OH excluding ortho intramolecular Hbond substituents is 2. The van der Waals surface area contributed by atoms with E-state index < -0.39 is 23.9 Å². The van der Waals surface area contributed by atoms with Gasteiger partial charge < -0.3 is 47.3 Å². The summed E-state index contributed by atoms with van der Waals surface area (Å²) in [6.45, 7) is 6.67. The van der Waals surface area contributed by atoms with E-state index in [0.29, 0.717) is 23.0 Å². The maximum atomic E-state index is 13.8. The molecule has 9 rings (SSSR count). The zero-order valence-corrected chi connectivity index (χ0v) is 31.2. The molecule has 0 aliphatic carbocycles. The molecule has 0 saturated carbocycles. The molecule has 6 aromatic heterocycles. The third kappa shape index (κ3) is 6.76. The molecule has 7 heterocycles. The van der Waals surface area contributed by atoms with E-state index in [0.717, 1.165) is 11.1 Å². The van der Waals surface area contributed by atoms with Crippen molar-refractivity contribution in [1.29, 1.82) is 0 Å². The highest BCUT2D eigenvalue weighted by atomic mass is 16.4. The van der Waals surface area contributed by atoms with E-state index in [4.69, 9.17) is 36.5 Å². The highest BCUT2D eigenvalue weighted by Crippen LogP contribution is 2.34. The third-order valence-electron chi connectivity index (χ3n) is 9.46. The van der Waals surface area contributed by atoms with Crippen LogP contribution in [-0.4, -0.2) is 51.9 Å². The van der Waals surface area contributed by atoms with Crippen molar-refractivity contribution in [3.63, 3.8) is 0 Å². The number of carbonyl (C=O) groups excluding carboxylic acids is 2. The lowest BCUT2D eigenvalue weighted by molar-refractivity contribution is 0.0917. The first-order valence-electron chi connectivity index (χ1n) is 17.9. The van der Waals surface area contributed by atoms with Gasteiger partial charge in [-0.1, -0.05) is 24.3 Å². The number of oxazole rings is 6. The van der Waals surface area contributed by atoms with Crippen LogP contribution in [0.1, 0.15) is 79.0 Å². The van der Waals surface area contributed by atoms with E-state index in [1.807, 2.05) is 0 Å². The van der Waals surface area contributed by atoms with Gasteiger partial charge in [0.1, 0.15) is 59.2 Å². The van der Waals surface area contributed by atoms with E-state index in [2.05, 4.69) is 30.6 Å². The van der Waals surface area contributed by atoms with Gasteiger partial charge in [-0.3, -0.25) is 9.59 Å². The zero-order chi connectivity index (χ0) is 40.2. The number of hydrogen-bond acceptors (Lipinski definition) is 16. The van der Waals surface area contributed by atoms with Crippen molar-refractivity contribution >= 4 is 11.8 Å². The molecule has 4 N–H and O–H groups in total. The molecule has 58 heavy (non-hydrogen) atoms. The number of amides is 2. The number of nitrogens with one attached hydrogen (secondary N) is 2. The van der Waals surface area contributed by atoms with Crippen LogP contribution in [0.15, 0.2) is 87.6 Å². The fourth-order valence-corrected chi connectivity index (χ4v) is 6.49. The fourth-order valence-electron chi connectivity index (χ4n) is 6.49. The van der Waals surface area contributed by atoms with Crippen LogP contribution < -0.4 is 10.6 Å². The Morgan fingerprint density at radius 1 is 0.500 bits per heavy atom. The summed E-state index contributed by atoms with van der Waals surface area (Å²) >= 11 is 0.